The monoisotopic (exact) mass is 301 g/mol. The van der Waals surface area contributed by atoms with Gasteiger partial charge in [-0.05, 0) is 18.2 Å². The number of rotatable bonds is 3. The van der Waals surface area contributed by atoms with Crippen LogP contribution in [0.2, 0.25) is 5.15 Å². The normalized spacial score (nSPS) is 18.3. The van der Waals surface area contributed by atoms with Gasteiger partial charge in [-0.15, -0.1) is 0 Å². The van der Waals surface area contributed by atoms with Crippen LogP contribution < -0.4 is 0 Å². The summed E-state index contributed by atoms with van der Waals surface area (Å²) < 4.78 is 0. The zero-order valence-corrected chi connectivity index (χ0v) is 11.8. The van der Waals surface area contributed by atoms with E-state index in [2.05, 4.69) is 4.98 Å². The molecule has 102 valence electrons. The minimum atomic E-state index is -0.617. The summed E-state index contributed by atoms with van der Waals surface area (Å²) in [5, 5.41) is 11.0. The highest BCUT2D eigenvalue weighted by atomic mass is 35.5. The molecule has 1 aromatic heterocycles. The fourth-order valence-electron chi connectivity index (χ4n) is 1.92. The third kappa shape index (κ3) is 2.98. The van der Waals surface area contributed by atoms with E-state index >= 15 is 0 Å². The summed E-state index contributed by atoms with van der Waals surface area (Å²) in [6.07, 6.45) is 1.92. The predicted octanol–water partition coefficient (Wildman–Crippen LogP) is 2.22. The van der Waals surface area contributed by atoms with E-state index in [1.807, 2.05) is 0 Å². The molecule has 1 unspecified atom stereocenters. The van der Waals surface area contributed by atoms with Gasteiger partial charge in [0.25, 0.3) is 11.6 Å². The topological polar surface area (TPSA) is 76.3 Å². The number of halogens is 1. The Morgan fingerprint density at radius 2 is 2.42 bits per heavy atom. The largest absolute Gasteiger partial charge is 0.338 e. The summed E-state index contributed by atoms with van der Waals surface area (Å²) in [4.78, 5) is 27.9. The maximum Gasteiger partial charge on any atom is 0.300 e. The van der Waals surface area contributed by atoms with Crippen molar-refractivity contribution in [1.82, 2.24) is 9.88 Å². The number of carbonyl (C=O) groups is 1. The minimum Gasteiger partial charge on any atom is -0.338 e. The molecule has 0 N–H and O–H groups in total. The molecule has 6 nitrogen and oxygen atoms in total. The lowest BCUT2D eigenvalue weighted by Gasteiger charge is -2.23. The number of carbonyl (C=O) groups excluding carboxylic acids is 1. The van der Waals surface area contributed by atoms with E-state index in [1.54, 1.807) is 23.7 Å². The van der Waals surface area contributed by atoms with E-state index in [4.69, 9.17) is 11.6 Å². The zero-order valence-electron chi connectivity index (χ0n) is 10.2. The first kappa shape index (κ1) is 14.1. The lowest BCUT2D eigenvalue weighted by molar-refractivity contribution is -0.385. The fraction of sp³-hybridized carbons (Fsp3) is 0.455. The molecule has 1 atom stereocenters. The highest BCUT2D eigenvalue weighted by Crippen LogP contribution is 2.26. The maximum absolute atomic E-state index is 12.3. The van der Waals surface area contributed by atoms with Crippen molar-refractivity contribution < 1.29 is 9.72 Å². The van der Waals surface area contributed by atoms with Gasteiger partial charge in [-0.1, -0.05) is 11.6 Å². The Hall–Kier alpha value is -1.34. The Labute approximate surface area is 119 Å². The Balaban J connectivity index is 2.31. The number of hydrogen-bond donors (Lipinski definition) is 0. The van der Waals surface area contributed by atoms with Crippen molar-refractivity contribution >= 4 is 35.0 Å². The van der Waals surface area contributed by atoms with E-state index < -0.39 is 4.92 Å². The molecule has 0 spiro atoms. The number of pyridine rings is 1. The fourth-order valence-corrected chi connectivity index (χ4v) is 3.35. The van der Waals surface area contributed by atoms with Gasteiger partial charge >= 0.3 is 0 Å². The first-order valence-corrected chi connectivity index (χ1v) is 7.19. The second-order valence-corrected chi connectivity index (χ2v) is 5.75. The number of aromatic nitrogens is 1. The summed E-state index contributed by atoms with van der Waals surface area (Å²) in [6.45, 7) is 0. The summed E-state index contributed by atoms with van der Waals surface area (Å²) in [6, 6.07) is 1.37. The molecule has 1 amide bonds. The Kier molecular flexibility index (Phi) is 4.26. The summed E-state index contributed by atoms with van der Waals surface area (Å²) in [5.41, 5.74) is -0.323. The summed E-state index contributed by atoms with van der Waals surface area (Å²) in [7, 11) is 1.66. The number of thioether (sulfide) groups is 1. The van der Waals surface area contributed by atoms with Crippen LogP contribution in [0, 0.1) is 10.1 Å². The predicted molar refractivity (Wildman–Crippen MR) is 73.7 cm³/mol. The molecule has 2 heterocycles. The molecule has 0 radical (unpaired) electrons. The molecule has 1 aliphatic rings. The smallest absolute Gasteiger partial charge is 0.300 e. The van der Waals surface area contributed by atoms with Gasteiger partial charge < -0.3 is 4.90 Å². The molecule has 1 saturated heterocycles. The Bertz CT molecular complexity index is 520. The molecule has 1 aromatic rings. The maximum atomic E-state index is 12.3. The molecule has 19 heavy (non-hydrogen) atoms. The number of nitrogens with zero attached hydrogens (tertiary/aromatic N) is 3. The second kappa shape index (κ2) is 5.75. The van der Waals surface area contributed by atoms with E-state index in [-0.39, 0.29) is 28.4 Å². The highest BCUT2D eigenvalue weighted by molar-refractivity contribution is 7.99. The SMILES string of the molecule is CN(C(=O)c1cc(Cl)ncc1[N+](=O)[O-])C1CCSC1. The Morgan fingerprint density at radius 3 is 3.00 bits per heavy atom. The van der Waals surface area contributed by atoms with Gasteiger partial charge in [-0.3, -0.25) is 14.9 Å². The average Bonchev–Trinajstić information content (AvgIpc) is 2.90. The van der Waals surface area contributed by atoms with Crippen molar-refractivity contribution in [3.05, 3.63) is 33.1 Å². The third-order valence-electron chi connectivity index (χ3n) is 3.05. The number of hydrogen-bond acceptors (Lipinski definition) is 5. The van der Waals surface area contributed by atoms with Crippen LogP contribution in [-0.2, 0) is 0 Å². The molecule has 8 heteroatoms. The first-order chi connectivity index (χ1) is 9.00. The molecule has 0 aromatic carbocycles. The van der Waals surface area contributed by atoms with Gasteiger partial charge in [-0.25, -0.2) is 4.98 Å². The molecule has 2 rings (SSSR count). The van der Waals surface area contributed by atoms with Crippen molar-refractivity contribution in [1.29, 1.82) is 0 Å². The van der Waals surface area contributed by atoms with Gasteiger partial charge in [0.05, 0.1) is 4.92 Å². The van der Waals surface area contributed by atoms with Gasteiger partial charge in [-0.2, -0.15) is 11.8 Å². The van der Waals surface area contributed by atoms with Crippen LogP contribution in [0.4, 0.5) is 5.69 Å². The van der Waals surface area contributed by atoms with Gasteiger partial charge in [0.15, 0.2) is 0 Å². The minimum absolute atomic E-state index is 0.00981. The van der Waals surface area contributed by atoms with E-state index in [0.29, 0.717) is 0 Å². The lowest BCUT2D eigenvalue weighted by Crippen LogP contribution is -2.37. The van der Waals surface area contributed by atoms with Crippen molar-refractivity contribution in [2.75, 3.05) is 18.6 Å². The first-order valence-electron chi connectivity index (χ1n) is 5.65. The quantitative estimate of drug-likeness (QED) is 0.486. The van der Waals surface area contributed by atoms with Gasteiger partial charge in [0.1, 0.15) is 16.9 Å². The zero-order chi connectivity index (χ0) is 14.0. The molecule has 1 aliphatic heterocycles. The standard InChI is InChI=1S/C11H12ClN3O3S/c1-14(7-2-3-19-6-7)11(16)8-4-10(12)13-5-9(8)15(17)18/h4-5,7H,2-3,6H2,1H3. The summed E-state index contributed by atoms with van der Waals surface area (Å²) >= 11 is 7.49. The van der Waals surface area contributed by atoms with E-state index in [1.165, 1.54) is 6.07 Å². The van der Waals surface area contributed by atoms with Crippen molar-refractivity contribution in [2.24, 2.45) is 0 Å². The van der Waals surface area contributed by atoms with Crippen LogP contribution in [0.25, 0.3) is 0 Å². The molecule has 0 saturated carbocycles. The molecule has 1 fully saturated rings. The van der Waals surface area contributed by atoms with E-state index in [0.717, 1.165) is 24.1 Å². The molecular formula is C11H12ClN3O3S. The van der Waals surface area contributed by atoms with E-state index in [9.17, 15) is 14.9 Å². The van der Waals surface area contributed by atoms with Gasteiger partial charge in [0.2, 0.25) is 0 Å². The third-order valence-corrected chi connectivity index (χ3v) is 4.40. The van der Waals surface area contributed by atoms with Crippen LogP contribution in [-0.4, -0.2) is 45.3 Å². The number of nitro groups is 1. The Morgan fingerprint density at radius 1 is 1.68 bits per heavy atom. The van der Waals surface area contributed by atoms with Crippen LogP contribution in [0.1, 0.15) is 16.8 Å². The molecule has 0 aliphatic carbocycles. The van der Waals surface area contributed by atoms with Crippen LogP contribution in [0.5, 0.6) is 0 Å². The van der Waals surface area contributed by atoms with Crippen molar-refractivity contribution in [3.8, 4) is 0 Å². The van der Waals surface area contributed by atoms with Crippen LogP contribution in [0.15, 0.2) is 12.3 Å². The summed E-state index contributed by atoms with van der Waals surface area (Å²) in [5.74, 6) is 1.47. The lowest BCUT2D eigenvalue weighted by atomic mass is 10.1. The van der Waals surface area contributed by atoms with Crippen molar-refractivity contribution in [3.63, 3.8) is 0 Å². The number of amides is 1. The second-order valence-electron chi connectivity index (χ2n) is 4.21. The van der Waals surface area contributed by atoms with Crippen molar-refractivity contribution in [2.45, 2.75) is 12.5 Å². The highest BCUT2D eigenvalue weighted by Gasteiger charge is 2.29. The molecule has 0 bridgehead atoms. The van der Waals surface area contributed by atoms with Crippen LogP contribution >= 0.6 is 23.4 Å². The van der Waals surface area contributed by atoms with Gasteiger partial charge in [0, 0.05) is 18.8 Å². The van der Waals surface area contributed by atoms with Crippen LogP contribution in [0.3, 0.4) is 0 Å². The average molecular weight is 302 g/mol. The molecular weight excluding hydrogens is 290 g/mol.